The van der Waals surface area contributed by atoms with Crippen LogP contribution in [0.3, 0.4) is 0 Å². The highest BCUT2D eigenvalue weighted by Crippen LogP contribution is 2.06. The van der Waals surface area contributed by atoms with E-state index in [1.807, 2.05) is 13.8 Å². The molecule has 0 fully saturated rings. The summed E-state index contributed by atoms with van der Waals surface area (Å²) in [6.07, 6.45) is 0.685. The molecular formula is C11H21N3O. The number of amides is 1. The Morgan fingerprint density at radius 1 is 1.47 bits per heavy atom. The molecule has 4 heteroatoms. The summed E-state index contributed by atoms with van der Waals surface area (Å²) in [7, 11) is 1.69. The van der Waals surface area contributed by atoms with Crippen molar-refractivity contribution < 1.29 is 4.79 Å². The summed E-state index contributed by atoms with van der Waals surface area (Å²) >= 11 is 0. The standard InChI is InChI=1S/C11H21N3O/c1-8(2)5-10(13)11(15)14(4)7-9(3)6-12/h8-10H,5,7,13H2,1-4H3. The molecule has 2 unspecified atom stereocenters. The van der Waals surface area contributed by atoms with Crippen LogP contribution in [0.4, 0.5) is 0 Å². The van der Waals surface area contributed by atoms with Gasteiger partial charge in [-0.3, -0.25) is 4.79 Å². The second-order valence-electron chi connectivity index (χ2n) is 4.48. The summed E-state index contributed by atoms with van der Waals surface area (Å²) in [6, 6.07) is 1.65. The summed E-state index contributed by atoms with van der Waals surface area (Å²) in [6.45, 7) is 6.30. The van der Waals surface area contributed by atoms with E-state index >= 15 is 0 Å². The zero-order valence-electron chi connectivity index (χ0n) is 10.0. The predicted octanol–water partition coefficient (Wildman–Crippen LogP) is 0.978. The maximum Gasteiger partial charge on any atom is 0.239 e. The summed E-state index contributed by atoms with van der Waals surface area (Å²) < 4.78 is 0. The Morgan fingerprint density at radius 3 is 2.40 bits per heavy atom. The van der Waals surface area contributed by atoms with E-state index in [1.165, 1.54) is 0 Å². The molecule has 0 saturated carbocycles. The predicted molar refractivity (Wildman–Crippen MR) is 59.8 cm³/mol. The van der Waals surface area contributed by atoms with Crippen molar-refractivity contribution in [3.8, 4) is 6.07 Å². The maximum absolute atomic E-state index is 11.7. The Balaban J connectivity index is 4.14. The SMILES string of the molecule is CC(C)CC(N)C(=O)N(C)CC(C)C#N. The highest BCUT2D eigenvalue weighted by Gasteiger charge is 2.20. The van der Waals surface area contributed by atoms with Gasteiger partial charge in [0.15, 0.2) is 0 Å². The Hall–Kier alpha value is -1.08. The summed E-state index contributed by atoms with van der Waals surface area (Å²) in [5.41, 5.74) is 5.76. The molecule has 2 N–H and O–H groups in total. The van der Waals surface area contributed by atoms with Gasteiger partial charge < -0.3 is 10.6 Å². The van der Waals surface area contributed by atoms with Crippen molar-refractivity contribution in [3.05, 3.63) is 0 Å². The first-order valence-electron chi connectivity index (χ1n) is 5.28. The lowest BCUT2D eigenvalue weighted by molar-refractivity contribution is -0.131. The molecule has 0 aromatic rings. The average Bonchev–Trinajstić information content (AvgIpc) is 2.15. The van der Waals surface area contributed by atoms with Crippen LogP contribution in [-0.4, -0.2) is 30.4 Å². The Labute approximate surface area is 92.0 Å². The fourth-order valence-electron chi connectivity index (χ4n) is 1.43. The average molecular weight is 211 g/mol. The molecule has 4 nitrogen and oxygen atoms in total. The van der Waals surface area contributed by atoms with Crippen LogP contribution >= 0.6 is 0 Å². The van der Waals surface area contributed by atoms with E-state index in [0.29, 0.717) is 18.9 Å². The molecule has 2 atom stereocenters. The van der Waals surface area contributed by atoms with Crippen LogP contribution in [0.2, 0.25) is 0 Å². The third-order valence-electron chi connectivity index (χ3n) is 2.19. The molecule has 1 amide bonds. The lowest BCUT2D eigenvalue weighted by Gasteiger charge is -2.23. The lowest BCUT2D eigenvalue weighted by Crippen LogP contribution is -2.43. The van der Waals surface area contributed by atoms with Crippen molar-refractivity contribution in [2.24, 2.45) is 17.6 Å². The van der Waals surface area contributed by atoms with E-state index in [-0.39, 0.29) is 11.8 Å². The number of nitriles is 1. The number of nitrogens with two attached hydrogens (primary N) is 1. The molecule has 0 spiro atoms. The molecule has 0 aliphatic carbocycles. The Morgan fingerprint density at radius 2 is 2.00 bits per heavy atom. The zero-order chi connectivity index (χ0) is 12.0. The van der Waals surface area contributed by atoms with Crippen LogP contribution in [0, 0.1) is 23.2 Å². The second-order valence-corrected chi connectivity index (χ2v) is 4.48. The first-order valence-corrected chi connectivity index (χ1v) is 5.28. The topological polar surface area (TPSA) is 70.1 Å². The molecule has 15 heavy (non-hydrogen) atoms. The van der Waals surface area contributed by atoms with Crippen LogP contribution < -0.4 is 5.73 Å². The minimum atomic E-state index is -0.444. The molecule has 86 valence electrons. The van der Waals surface area contributed by atoms with Gasteiger partial charge in [-0.1, -0.05) is 13.8 Å². The van der Waals surface area contributed by atoms with Gasteiger partial charge >= 0.3 is 0 Å². The van der Waals surface area contributed by atoms with Gasteiger partial charge in [-0.25, -0.2) is 0 Å². The number of hydrogen-bond donors (Lipinski definition) is 1. The minimum Gasteiger partial charge on any atom is -0.343 e. The largest absolute Gasteiger partial charge is 0.343 e. The monoisotopic (exact) mass is 211 g/mol. The Bertz CT molecular complexity index is 245. The lowest BCUT2D eigenvalue weighted by atomic mass is 10.0. The van der Waals surface area contributed by atoms with Crippen molar-refractivity contribution in [2.45, 2.75) is 33.2 Å². The molecule has 0 aliphatic rings. The van der Waals surface area contributed by atoms with E-state index in [0.717, 1.165) is 0 Å². The van der Waals surface area contributed by atoms with Crippen LogP contribution in [0.25, 0.3) is 0 Å². The van der Waals surface area contributed by atoms with Crippen molar-refractivity contribution in [1.82, 2.24) is 4.90 Å². The van der Waals surface area contributed by atoms with Gasteiger partial charge in [0.2, 0.25) is 5.91 Å². The summed E-state index contributed by atoms with van der Waals surface area (Å²) in [4.78, 5) is 13.3. The highest BCUT2D eigenvalue weighted by atomic mass is 16.2. The van der Waals surface area contributed by atoms with E-state index in [9.17, 15) is 4.79 Å². The van der Waals surface area contributed by atoms with Crippen molar-refractivity contribution in [3.63, 3.8) is 0 Å². The fourth-order valence-corrected chi connectivity index (χ4v) is 1.43. The smallest absolute Gasteiger partial charge is 0.239 e. The summed E-state index contributed by atoms with van der Waals surface area (Å²) in [5.74, 6) is 0.182. The molecule has 0 aliphatic heterocycles. The van der Waals surface area contributed by atoms with Gasteiger partial charge in [0.25, 0.3) is 0 Å². The molecule has 0 radical (unpaired) electrons. The van der Waals surface area contributed by atoms with E-state index in [2.05, 4.69) is 6.07 Å². The summed E-state index contributed by atoms with van der Waals surface area (Å²) in [5, 5.41) is 8.63. The van der Waals surface area contributed by atoms with E-state index < -0.39 is 6.04 Å². The van der Waals surface area contributed by atoms with Crippen molar-refractivity contribution in [1.29, 1.82) is 5.26 Å². The zero-order valence-corrected chi connectivity index (χ0v) is 10.0. The fraction of sp³-hybridized carbons (Fsp3) is 0.818. The number of hydrogen-bond acceptors (Lipinski definition) is 3. The molecule has 0 aromatic carbocycles. The number of carbonyl (C=O) groups excluding carboxylic acids is 1. The van der Waals surface area contributed by atoms with Crippen LogP contribution in [0.1, 0.15) is 27.2 Å². The number of likely N-dealkylation sites (N-methyl/N-ethyl adjacent to an activating group) is 1. The molecule has 0 saturated heterocycles. The highest BCUT2D eigenvalue weighted by molar-refractivity contribution is 5.81. The quantitative estimate of drug-likeness (QED) is 0.737. The number of rotatable bonds is 5. The number of carbonyl (C=O) groups is 1. The first-order chi connectivity index (χ1) is 6.88. The Kier molecular flexibility index (Phi) is 5.95. The second kappa shape index (κ2) is 6.41. The maximum atomic E-state index is 11.7. The minimum absolute atomic E-state index is 0.0780. The van der Waals surface area contributed by atoms with Gasteiger partial charge in [0.05, 0.1) is 18.0 Å². The first kappa shape index (κ1) is 13.9. The van der Waals surface area contributed by atoms with Gasteiger partial charge in [0.1, 0.15) is 0 Å². The van der Waals surface area contributed by atoms with Crippen LogP contribution in [0.15, 0.2) is 0 Å². The third kappa shape index (κ3) is 5.38. The van der Waals surface area contributed by atoms with Crippen LogP contribution in [-0.2, 0) is 4.79 Å². The number of nitrogens with zero attached hydrogens (tertiary/aromatic N) is 2. The third-order valence-corrected chi connectivity index (χ3v) is 2.19. The van der Waals surface area contributed by atoms with Gasteiger partial charge in [0, 0.05) is 13.6 Å². The normalized spacial score (nSPS) is 14.5. The van der Waals surface area contributed by atoms with Gasteiger partial charge in [-0.15, -0.1) is 0 Å². The van der Waals surface area contributed by atoms with E-state index in [4.69, 9.17) is 11.0 Å². The van der Waals surface area contributed by atoms with Crippen molar-refractivity contribution >= 4 is 5.91 Å². The van der Waals surface area contributed by atoms with Crippen LogP contribution in [0.5, 0.6) is 0 Å². The molecule has 0 rings (SSSR count). The van der Waals surface area contributed by atoms with Crippen molar-refractivity contribution in [2.75, 3.05) is 13.6 Å². The molecular weight excluding hydrogens is 190 g/mol. The van der Waals surface area contributed by atoms with Gasteiger partial charge in [-0.2, -0.15) is 5.26 Å². The van der Waals surface area contributed by atoms with Gasteiger partial charge in [-0.05, 0) is 19.3 Å². The van der Waals surface area contributed by atoms with E-state index in [1.54, 1.807) is 18.9 Å². The molecule has 0 heterocycles. The molecule has 0 bridgehead atoms. The molecule has 0 aromatic heterocycles.